The molecule has 0 atom stereocenters. The second kappa shape index (κ2) is 8.43. The van der Waals surface area contributed by atoms with Crippen molar-refractivity contribution in [2.75, 3.05) is 22.2 Å². The van der Waals surface area contributed by atoms with E-state index in [1.807, 2.05) is 25.3 Å². The standard InChI is InChI=1S/C15H17Cl2N5S.C2H6/c16-11-5-10(18-6-13-20-12(17)7-23-13)14-15(21-11)22(8-19-14)9-3-1-2-4-9;1-2/h5,7,9,19H,1-4,6,8H2,(H,18,21);1-2H3. The average molecular weight is 400 g/mol. The molecule has 136 valence electrons. The van der Waals surface area contributed by atoms with Gasteiger partial charge in [-0.1, -0.05) is 49.9 Å². The van der Waals surface area contributed by atoms with Crippen molar-refractivity contribution in [2.24, 2.45) is 0 Å². The van der Waals surface area contributed by atoms with Crippen LogP contribution in [0.4, 0.5) is 17.2 Å². The van der Waals surface area contributed by atoms with Crippen LogP contribution in [0.25, 0.3) is 0 Å². The van der Waals surface area contributed by atoms with Gasteiger partial charge in [-0.25, -0.2) is 9.97 Å². The van der Waals surface area contributed by atoms with E-state index in [-0.39, 0.29) is 0 Å². The molecule has 25 heavy (non-hydrogen) atoms. The highest BCUT2D eigenvalue weighted by molar-refractivity contribution is 7.10. The first kappa shape index (κ1) is 18.5. The monoisotopic (exact) mass is 399 g/mol. The van der Waals surface area contributed by atoms with Crippen molar-refractivity contribution < 1.29 is 0 Å². The molecule has 4 rings (SSSR count). The normalized spacial score (nSPS) is 16.2. The number of hydrogen-bond acceptors (Lipinski definition) is 6. The smallest absolute Gasteiger partial charge is 0.157 e. The van der Waals surface area contributed by atoms with Crippen molar-refractivity contribution in [3.05, 3.63) is 26.8 Å². The molecular formula is C17H23Cl2N5S. The number of thiazole rings is 1. The first-order chi connectivity index (χ1) is 12.2. The van der Waals surface area contributed by atoms with Gasteiger partial charge in [0.25, 0.3) is 0 Å². The third-order valence-corrected chi connectivity index (χ3v) is 5.75. The van der Waals surface area contributed by atoms with Crippen LogP contribution in [-0.2, 0) is 6.54 Å². The molecule has 2 N–H and O–H groups in total. The maximum absolute atomic E-state index is 6.25. The van der Waals surface area contributed by atoms with Crippen molar-refractivity contribution >= 4 is 51.7 Å². The fourth-order valence-electron chi connectivity index (χ4n) is 3.32. The van der Waals surface area contributed by atoms with Crippen LogP contribution in [0.5, 0.6) is 0 Å². The minimum absolute atomic E-state index is 0.509. The number of aromatic nitrogens is 2. The van der Waals surface area contributed by atoms with Gasteiger partial charge in [-0.05, 0) is 12.8 Å². The van der Waals surface area contributed by atoms with Crippen LogP contribution in [0.3, 0.4) is 0 Å². The zero-order valence-corrected chi connectivity index (χ0v) is 16.8. The molecule has 0 spiro atoms. The first-order valence-corrected chi connectivity index (χ1v) is 10.4. The van der Waals surface area contributed by atoms with Gasteiger partial charge in [0.15, 0.2) is 5.82 Å². The number of hydrogen-bond donors (Lipinski definition) is 2. The first-order valence-electron chi connectivity index (χ1n) is 8.75. The Labute approximate surface area is 162 Å². The van der Waals surface area contributed by atoms with Gasteiger partial charge in [-0.3, -0.25) is 0 Å². The van der Waals surface area contributed by atoms with Gasteiger partial charge >= 0.3 is 0 Å². The number of nitrogens with zero attached hydrogens (tertiary/aromatic N) is 3. The summed E-state index contributed by atoms with van der Waals surface area (Å²) in [6.45, 7) is 5.42. The van der Waals surface area contributed by atoms with E-state index in [4.69, 9.17) is 23.2 Å². The quantitative estimate of drug-likeness (QED) is 0.653. The van der Waals surface area contributed by atoms with E-state index in [0.29, 0.717) is 22.9 Å². The number of halogens is 2. The Bertz CT molecular complexity index is 715. The van der Waals surface area contributed by atoms with Crippen LogP contribution in [0.15, 0.2) is 11.4 Å². The molecule has 1 fully saturated rings. The summed E-state index contributed by atoms with van der Waals surface area (Å²) in [4.78, 5) is 11.2. The number of anilines is 3. The zero-order valence-electron chi connectivity index (χ0n) is 14.5. The van der Waals surface area contributed by atoms with E-state index < -0.39 is 0 Å². The highest BCUT2D eigenvalue weighted by atomic mass is 35.5. The lowest BCUT2D eigenvalue weighted by molar-refractivity contribution is 0.629. The van der Waals surface area contributed by atoms with Gasteiger partial charge in [0.05, 0.1) is 18.9 Å². The summed E-state index contributed by atoms with van der Waals surface area (Å²) >= 11 is 13.7. The molecular weight excluding hydrogens is 377 g/mol. The van der Waals surface area contributed by atoms with Crippen molar-refractivity contribution in [2.45, 2.75) is 52.1 Å². The summed E-state index contributed by atoms with van der Waals surface area (Å²) in [5, 5.41) is 10.7. The fraction of sp³-hybridized carbons (Fsp3) is 0.529. The Hall–Kier alpha value is -1.24. The second-order valence-electron chi connectivity index (χ2n) is 5.85. The van der Waals surface area contributed by atoms with E-state index in [9.17, 15) is 0 Å². The van der Waals surface area contributed by atoms with Crippen molar-refractivity contribution in [1.82, 2.24) is 9.97 Å². The minimum atomic E-state index is 0.509. The van der Waals surface area contributed by atoms with Gasteiger partial charge in [0, 0.05) is 17.5 Å². The molecule has 0 saturated heterocycles. The molecule has 1 saturated carbocycles. The van der Waals surface area contributed by atoms with Crippen LogP contribution in [0.2, 0.25) is 10.3 Å². The van der Waals surface area contributed by atoms with Gasteiger partial charge < -0.3 is 15.5 Å². The van der Waals surface area contributed by atoms with Crippen LogP contribution >= 0.6 is 34.5 Å². The molecule has 3 heterocycles. The SMILES string of the molecule is CC.Clc1csc(CNc2cc(Cl)nc3c2NCN3C2CCCC2)n1. The van der Waals surface area contributed by atoms with Gasteiger partial charge in [-0.15, -0.1) is 11.3 Å². The summed E-state index contributed by atoms with van der Waals surface area (Å²) in [6.07, 6.45) is 5.06. The lowest BCUT2D eigenvalue weighted by Crippen LogP contribution is -2.33. The fourth-order valence-corrected chi connectivity index (χ4v) is 4.39. The average Bonchev–Trinajstić information content (AvgIpc) is 3.34. The molecule has 0 aromatic carbocycles. The molecule has 1 aliphatic heterocycles. The zero-order chi connectivity index (χ0) is 17.8. The number of rotatable bonds is 4. The number of pyridine rings is 1. The topological polar surface area (TPSA) is 53.1 Å². The molecule has 2 aliphatic rings. The molecule has 0 amide bonds. The Balaban J connectivity index is 0.000000880. The van der Waals surface area contributed by atoms with Crippen molar-refractivity contribution in [3.8, 4) is 0 Å². The molecule has 0 radical (unpaired) electrons. The minimum Gasteiger partial charge on any atom is -0.377 e. The Morgan fingerprint density at radius 2 is 2.00 bits per heavy atom. The van der Waals surface area contributed by atoms with E-state index in [2.05, 4.69) is 25.5 Å². The van der Waals surface area contributed by atoms with Crippen molar-refractivity contribution in [3.63, 3.8) is 0 Å². The molecule has 5 nitrogen and oxygen atoms in total. The second-order valence-corrected chi connectivity index (χ2v) is 7.57. The predicted octanol–water partition coefficient (Wildman–Crippen LogP) is 5.62. The summed E-state index contributed by atoms with van der Waals surface area (Å²) in [5.74, 6) is 0.962. The van der Waals surface area contributed by atoms with Gasteiger partial charge in [0.2, 0.25) is 0 Å². The van der Waals surface area contributed by atoms with Crippen LogP contribution in [0.1, 0.15) is 44.5 Å². The van der Waals surface area contributed by atoms with Crippen LogP contribution < -0.4 is 15.5 Å². The third kappa shape index (κ3) is 4.13. The lowest BCUT2D eigenvalue weighted by atomic mass is 10.2. The predicted molar refractivity (Wildman–Crippen MR) is 108 cm³/mol. The molecule has 2 aromatic rings. The summed E-state index contributed by atoms with van der Waals surface area (Å²) < 4.78 is 0. The highest BCUT2D eigenvalue weighted by Crippen LogP contribution is 2.41. The van der Waals surface area contributed by atoms with E-state index in [1.165, 1.54) is 25.7 Å². The largest absolute Gasteiger partial charge is 0.377 e. The number of fused-ring (bicyclic) bond motifs is 1. The number of nitrogens with one attached hydrogen (secondary N) is 2. The van der Waals surface area contributed by atoms with Gasteiger partial charge in [-0.2, -0.15) is 0 Å². The molecule has 0 bridgehead atoms. The summed E-state index contributed by atoms with van der Waals surface area (Å²) in [7, 11) is 0. The van der Waals surface area contributed by atoms with Crippen LogP contribution in [0, 0.1) is 0 Å². The molecule has 0 unspecified atom stereocenters. The molecule has 8 heteroatoms. The highest BCUT2D eigenvalue weighted by Gasteiger charge is 2.31. The Morgan fingerprint density at radius 1 is 1.24 bits per heavy atom. The van der Waals surface area contributed by atoms with E-state index in [0.717, 1.165) is 28.9 Å². The maximum atomic E-state index is 6.25. The van der Waals surface area contributed by atoms with E-state index >= 15 is 0 Å². The Kier molecular flexibility index (Phi) is 6.25. The summed E-state index contributed by atoms with van der Waals surface area (Å²) in [6, 6.07) is 2.43. The summed E-state index contributed by atoms with van der Waals surface area (Å²) in [5.41, 5.74) is 2.00. The Morgan fingerprint density at radius 3 is 2.68 bits per heavy atom. The molecule has 1 aliphatic carbocycles. The van der Waals surface area contributed by atoms with Crippen molar-refractivity contribution in [1.29, 1.82) is 0 Å². The third-order valence-electron chi connectivity index (χ3n) is 4.39. The van der Waals surface area contributed by atoms with E-state index in [1.54, 1.807) is 11.3 Å². The van der Waals surface area contributed by atoms with Gasteiger partial charge in [0.1, 0.15) is 21.0 Å². The molecule has 2 aromatic heterocycles. The maximum Gasteiger partial charge on any atom is 0.157 e. The van der Waals surface area contributed by atoms with Crippen LogP contribution in [-0.4, -0.2) is 22.7 Å². The lowest BCUT2D eigenvalue weighted by Gasteiger charge is -2.24.